The number of rotatable bonds is 10. The third kappa shape index (κ3) is 11.8. The van der Waals surface area contributed by atoms with E-state index in [1.807, 2.05) is 115 Å². The van der Waals surface area contributed by atoms with Gasteiger partial charge in [-0.05, 0) is 75.6 Å². The van der Waals surface area contributed by atoms with Gasteiger partial charge in [0.05, 0.1) is 28.2 Å². The zero-order chi connectivity index (χ0) is 45.9. The number of hydrogen-bond donors (Lipinski definition) is 6. The lowest BCUT2D eigenvalue weighted by molar-refractivity contribution is 0.0774. The van der Waals surface area contributed by atoms with Crippen molar-refractivity contribution in [3.05, 3.63) is 178 Å². The summed E-state index contributed by atoms with van der Waals surface area (Å²) in [5, 5.41) is 33.6. The molecule has 2 atom stereocenters. The van der Waals surface area contributed by atoms with E-state index in [-0.39, 0.29) is 69.2 Å². The highest BCUT2D eigenvalue weighted by atomic mass is 79.9. The first kappa shape index (κ1) is 45.5. The van der Waals surface area contributed by atoms with Gasteiger partial charge in [-0.3, -0.25) is 9.59 Å². The Bertz CT molecular complexity index is 2880. The number of halogens is 1. The summed E-state index contributed by atoms with van der Waals surface area (Å²) in [5.41, 5.74) is 4.18. The third-order valence-electron chi connectivity index (χ3n) is 9.55. The number of aromatic hydroxyl groups is 2. The number of amidine groups is 4. The predicted octanol–water partition coefficient (Wildman–Crippen LogP) is 7.92. The number of anilines is 4. The molecule has 0 aromatic heterocycles. The Morgan fingerprint density at radius 1 is 0.492 bits per heavy atom. The molecule has 6 aromatic rings. The fourth-order valence-electron chi connectivity index (χ4n) is 6.36. The van der Waals surface area contributed by atoms with Crippen LogP contribution < -0.4 is 21.3 Å². The van der Waals surface area contributed by atoms with Gasteiger partial charge in [0.15, 0.2) is 34.8 Å². The second kappa shape index (κ2) is 21.3. The van der Waals surface area contributed by atoms with Crippen LogP contribution in [0, 0.1) is 0 Å². The highest BCUT2D eigenvalue weighted by molar-refractivity contribution is 9.10. The predicted molar refractivity (Wildman–Crippen MR) is 262 cm³/mol. The smallest absolute Gasteiger partial charge is 0.269 e. The van der Waals surface area contributed by atoms with Crippen LogP contribution in [0.25, 0.3) is 0 Å². The molecule has 2 aliphatic rings. The molecule has 0 aliphatic carbocycles. The lowest BCUT2D eigenvalue weighted by atomic mass is 10.1. The van der Waals surface area contributed by atoms with Crippen molar-refractivity contribution in [2.45, 2.75) is 13.1 Å². The maximum absolute atomic E-state index is 13.0. The van der Waals surface area contributed by atoms with Gasteiger partial charge in [0.1, 0.15) is 0 Å². The monoisotopic (exact) mass is 972 g/mol. The topological polar surface area (TPSA) is 213 Å². The van der Waals surface area contributed by atoms with Crippen molar-refractivity contribution in [2.24, 2.45) is 17.6 Å². The Morgan fingerprint density at radius 3 is 1.28 bits per heavy atom. The molecule has 0 saturated heterocycles. The molecular formula is C46H41BrN10O6S2. The maximum Gasteiger partial charge on any atom is 0.269 e. The number of nitrogens with zero attached hydrogens (tertiary/aromatic N) is 6. The van der Waals surface area contributed by atoms with Gasteiger partial charge in [-0.2, -0.15) is 0 Å². The minimum absolute atomic E-state index is 0.135. The summed E-state index contributed by atoms with van der Waals surface area (Å²) < 4.78 is 40.6. The first-order valence-corrected chi connectivity index (χ1v) is 22.7. The number of hydrogen-bond acceptors (Lipinski definition) is 10. The van der Waals surface area contributed by atoms with Crippen molar-refractivity contribution in [1.82, 2.24) is 9.80 Å². The summed E-state index contributed by atoms with van der Waals surface area (Å²) in [6.45, 7) is 0.801. The van der Waals surface area contributed by atoms with E-state index in [1.54, 1.807) is 50.5 Å². The molecule has 16 nitrogen and oxygen atoms in total. The number of amides is 2. The molecule has 2 unspecified atom stereocenters. The second-order valence-corrected chi connectivity index (χ2v) is 16.8. The molecule has 19 heteroatoms. The van der Waals surface area contributed by atoms with Gasteiger partial charge < -0.3 is 41.3 Å². The molecule has 8 rings (SSSR count). The van der Waals surface area contributed by atoms with E-state index in [4.69, 9.17) is 0 Å². The molecule has 0 radical (unpaired) electrons. The molecule has 0 spiro atoms. The van der Waals surface area contributed by atoms with Crippen LogP contribution in [0.15, 0.2) is 174 Å². The quantitative estimate of drug-likeness (QED) is 0.0730. The Hall–Kier alpha value is -7.48. The SMILES string of the molecule is CN(Cc1ccccc1)C(=O)c1cccc(NC2=NS(=O)N=C2Nc2ccccc2)c1O.CN(Cc1ccccc1)C(=O)c1cccc(NC2=NS(=O)N=C2Nc2ccccc2Br)c1O. The van der Waals surface area contributed by atoms with Gasteiger partial charge >= 0.3 is 0 Å². The Kier molecular flexibility index (Phi) is 14.9. The standard InChI is InChI=1S/C23H20BrN5O3S.C23H21N5O3S/c1-29(14-15-8-3-2-4-9-15)23(31)16-10-7-13-19(20(16)30)26-22-21(27-33(32)28-22)25-18-12-6-5-11-17(18)24;1-28(15-16-9-4-2-5-10-16)23(30)18-13-8-14-19(20(18)29)25-22-21(26-32(31)27-22)24-17-11-6-3-7-12-17/h2-13,30H,14H2,1H3,(H,25,27)(H,26,28);2-14,29H,15H2,1H3,(H,24,26)(H,25,27). The molecule has 2 heterocycles. The van der Waals surface area contributed by atoms with Crippen molar-refractivity contribution in [3.63, 3.8) is 0 Å². The fraction of sp³-hybridized carbons (Fsp3) is 0.0870. The lowest BCUT2D eigenvalue weighted by Gasteiger charge is -2.19. The van der Waals surface area contributed by atoms with Crippen LogP contribution in [-0.4, -0.2) is 77.7 Å². The molecule has 0 bridgehead atoms. The van der Waals surface area contributed by atoms with Crippen molar-refractivity contribution in [1.29, 1.82) is 0 Å². The molecule has 330 valence electrons. The fourth-order valence-corrected chi connectivity index (χ4v) is 7.98. The number of phenols is 2. The highest BCUT2D eigenvalue weighted by Gasteiger charge is 2.25. The zero-order valence-corrected chi connectivity index (χ0v) is 38.0. The normalized spacial score (nSPS) is 14.9. The molecule has 2 aliphatic heterocycles. The number of benzene rings is 6. The van der Waals surface area contributed by atoms with Crippen LogP contribution in [0.3, 0.4) is 0 Å². The zero-order valence-electron chi connectivity index (χ0n) is 34.8. The Labute approximate surface area is 388 Å². The van der Waals surface area contributed by atoms with E-state index in [0.29, 0.717) is 18.8 Å². The average Bonchev–Trinajstić information content (AvgIpc) is 3.84. The highest BCUT2D eigenvalue weighted by Crippen LogP contribution is 2.31. The minimum atomic E-state index is -1.81. The van der Waals surface area contributed by atoms with Crippen LogP contribution in [-0.2, 0) is 35.4 Å². The van der Waals surface area contributed by atoms with Gasteiger partial charge in [0.2, 0.25) is 0 Å². The molecule has 65 heavy (non-hydrogen) atoms. The number of nitrogens with one attached hydrogen (secondary N) is 4. The summed E-state index contributed by atoms with van der Waals surface area (Å²) in [6, 6.07) is 45.4. The van der Waals surface area contributed by atoms with E-state index >= 15 is 0 Å². The summed E-state index contributed by atoms with van der Waals surface area (Å²) in [5.74, 6) is -0.226. The minimum Gasteiger partial charge on any atom is -0.505 e. The van der Waals surface area contributed by atoms with E-state index in [9.17, 15) is 28.2 Å². The largest absolute Gasteiger partial charge is 0.505 e. The van der Waals surface area contributed by atoms with Crippen molar-refractivity contribution in [2.75, 3.05) is 35.4 Å². The molecule has 6 aromatic carbocycles. The van der Waals surface area contributed by atoms with E-state index < -0.39 is 22.3 Å². The molecule has 0 fully saturated rings. The Morgan fingerprint density at radius 2 is 0.846 bits per heavy atom. The summed E-state index contributed by atoms with van der Waals surface area (Å²) in [6.07, 6.45) is 0. The Balaban J connectivity index is 0.000000194. The molecule has 6 N–H and O–H groups in total. The van der Waals surface area contributed by atoms with Gasteiger partial charge in [-0.1, -0.05) is 103 Å². The second-order valence-electron chi connectivity index (χ2n) is 14.3. The van der Waals surface area contributed by atoms with Crippen molar-refractivity contribution >= 4 is 96.2 Å². The van der Waals surface area contributed by atoms with E-state index in [1.165, 1.54) is 9.80 Å². The van der Waals surface area contributed by atoms with Crippen LogP contribution in [0.4, 0.5) is 22.7 Å². The number of carbonyl (C=O) groups excluding carboxylic acids is 2. The summed E-state index contributed by atoms with van der Waals surface area (Å²) in [4.78, 5) is 29.0. The van der Waals surface area contributed by atoms with Crippen molar-refractivity contribution in [3.8, 4) is 11.5 Å². The summed E-state index contributed by atoms with van der Waals surface area (Å²) in [7, 11) is 3.35. The van der Waals surface area contributed by atoms with E-state index in [0.717, 1.165) is 21.3 Å². The first-order valence-electron chi connectivity index (χ1n) is 19.7. The number of para-hydroxylation sites is 4. The average molecular weight is 974 g/mol. The van der Waals surface area contributed by atoms with E-state index in [2.05, 4.69) is 54.8 Å². The first-order chi connectivity index (χ1) is 31.4. The molecule has 2 amide bonds. The number of carbonyl (C=O) groups is 2. The van der Waals surface area contributed by atoms with Crippen LogP contribution in [0.2, 0.25) is 0 Å². The van der Waals surface area contributed by atoms with Crippen LogP contribution in [0.1, 0.15) is 31.8 Å². The maximum atomic E-state index is 13.0. The summed E-state index contributed by atoms with van der Waals surface area (Å²) >= 11 is -0.152. The third-order valence-corrected chi connectivity index (χ3v) is 11.6. The van der Waals surface area contributed by atoms with Gasteiger partial charge in [0.25, 0.3) is 34.2 Å². The van der Waals surface area contributed by atoms with Crippen LogP contribution in [0.5, 0.6) is 11.5 Å². The number of phenolic OH excluding ortho intramolecular Hbond substituents is 2. The van der Waals surface area contributed by atoms with Crippen molar-refractivity contribution < 1.29 is 28.2 Å². The van der Waals surface area contributed by atoms with Crippen LogP contribution >= 0.6 is 15.9 Å². The molecule has 0 saturated carbocycles. The van der Waals surface area contributed by atoms with Gasteiger partial charge in [-0.15, -0.1) is 17.6 Å². The lowest BCUT2D eigenvalue weighted by Crippen LogP contribution is -2.28. The van der Waals surface area contributed by atoms with Gasteiger partial charge in [-0.25, -0.2) is 8.42 Å². The van der Waals surface area contributed by atoms with Gasteiger partial charge in [0, 0.05) is 37.3 Å². The molecular weight excluding hydrogens is 933 g/mol.